The van der Waals surface area contributed by atoms with Crippen molar-refractivity contribution in [2.45, 2.75) is 0 Å². The molecule has 0 radical (unpaired) electrons. The van der Waals surface area contributed by atoms with Gasteiger partial charge in [0.15, 0.2) is 18.1 Å². The summed E-state index contributed by atoms with van der Waals surface area (Å²) in [5, 5.41) is 6.60. The molecular formula is C23H22N2O4. The molecule has 0 aliphatic heterocycles. The van der Waals surface area contributed by atoms with E-state index in [-0.39, 0.29) is 12.5 Å². The Kier molecular flexibility index (Phi) is 6.84. The normalized spacial score (nSPS) is 10.6. The van der Waals surface area contributed by atoms with E-state index in [1.807, 2.05) is 60.7 Å². The number of hydrogen-bond acceptors (Lipinski definition) is 5. The van der Waals surface area contributed by atoms with Crippen LogP contribution in [-0.4, -0.2) is 32.9 Å². The number of ether oxygens (including phenoxy) is 2. The minimum Gasteiger partial charge on any atom is -0.493 e. The molecule has 1 amide bonds. The van der Waals surface area contributed by atoms with E-state index in [1.54, 1.807) is 26.4 Å². The van der Waals surface area contributed by atoms with Crippen molar-refractivity contribution < 1.29 is 19.1 Å². The van der Waals surface area contributed by atoms with E-state index in [4.69, 9.17) is 14.3 Å². The Hall–Kier alpha value is -3.80. The molecule has 6 nitrogen and oxygen atoms in total. The van der Waals surface area contributed by atoms with Crippen molar-refractivity contribution in [2.75, 3.05) is 26.1 Å². The van der Waals surface area contributed by atoms with Gasteiger partial charge in [0.25, 0.3) is 5.91 Å². The number of anilines is 1. The third-order valence-corrected chi connectivity index (χ3v) is 4.16. The predicted octanol–water partition coefficient (Wildman–Crippen LogP) is 4.36. The van der Waals surface area contributed by atoms with Gasteiger partial charge in [-0.05, 0) is 41.5 Å². The van der Waals surface area contributed by atoms with Crippen LogP contribution in [0.25, 0.3) is 11.1 Å². The van der Waals surface area contributed by atoms with Gasteiger partial charge in [0.2, 0.25) is 0 Å². The lowest BCUT2D eigenvalue weighted by Crippen LogP contribution is -2.16. The Morgan fingerprint density at radius 3 is 2.28 bits per heavy atom. The number of benzene rings is 3. The second-order valence-corrected chi connectivity index (χ2v) is 6.11. The van der Waals surface area contributed by atoms with E-state index >= 15 is 0 Å². The van der Waals surface area contributed by atoms with Gasteiger partial charge < -0.3 is 19.6 Å². The highest BCUT2D eigenvalue weighted by atomic mass is 16.6. The Labute approximate surface area is 169 Å². The first kappa shape index (κ1) is 19.9. The first-order valence-corrected chi connectivity index (χ1v) is 9.02. The van der Waals surface area contributed by atoms with Gasteiger partial charge in [0.1, 0.15) is 0 Å². The van der Waals surface area contributed by atoms with Gasteiger partial charge >= 0.3 is 0 Å². The number of nitrogens with one attached hydrogen (secondary N) is 1. The van der Waals surface area contributed by atoms with Crippen LogP contribution in [0.2, 0.25) is 0 Å². The van der Waals surface area contributed by atoms with Crippen molar-refractivity contribution in [2.24, 2.45) is 5.16 Å². The summed E-state index contributed by atoms with van der Waals surface area (Å²) in [5.41, 5.74) is 3.67. The van der Waals surface area contributed by atoms with Gasteiger partial charge in [-0.15, -0.1) is 0 Å². The Morgan fingerprint density at radius 1 is 0.897 bits per heavy atom. The smallest absolute Gasteiger partial charge is 0.265 e. The summed E-state index contributed by atoms with van der Waals surface area (Å²) < 4.78 is 10.4. The summed E-state index contributed by atoms with van der Waals surface area (Å²) in [6.07, 6.45) is 1.50. The Balaban J connectivity index is 1.49. The van der Waals surface area contributed by atoms with Gasteiger partial charge in [-0.1, -0.05) is 47.6 Å². The van der Waals surface area contributed by atoms with E-state index < -0.39 is 0 Å². The standard InChI is InChI=1S/C23H22N2O4/c1-27-21-13-8-17(14-22(21)28-2)15-24-29-16-23(26)25-20-11-9-19(10-12-20)18-6-4-3-5-7-18/h3-15H,16H2,1-2H3,(H,25,26)/b24-15+. The van der Waals surface area contributed by atoms with Crippen molar-refractivity contribution in [3.05, 3.63) is 78.4 Å². The molecule has 0 aromatic heterocycles. The van der Waals surface area contributed by atoms with E-state index in [0.717, 1.165) is 16.7 Å². The maximum absolute atomic E-state index is 12.0. The molecule has 0 spiro atoms. The molecule has 6 heteroatoms. The molecule has 0 saturated heterocycles. The summed E-state index contributed by atoms with van der Waals surface area (Å²) in [4.78, 5) is 17.1. The minimum absolute atomic E-state index is 0.190. The summed E-state index contributed by atoms with van der Waals surface area (Å²) >= 11 is 0. The third kappa shape index (κ3) is 5.59. The molecule has 0 bridgehead atoms. The molecule has 3 rings (SSSR count). The average Bonchev–Trinajstić information content (AvgIpc) is 2.77. The molecule has 148 valence electrons. The largest absolute Gasteiger partial charge is 0.493 e. The van der Waals surface area contributed by atoms with Crippen LogP contribution in [0.4, 0.5) is 5.69 Å². The van der Waals surface area contributed by atoms with Gasteiger partial charge in [0, 0.05) is 11.3 Å². The van der Waals surface area contributed by atoms with Crippen LogP contribution in [0.3, 0.4) is 0 Å². The molecule has 3 aromatic carbocycles. The van der Waals surface area contributed by atoms with Crippen molar-refractivity contribution in [3.63, 3.8) is 0 Å². The maximum Gasteiger partial charge on any atom is 0.265 e. The summed E-state index contributed by atoms with van der Waals surface area (Å²) in [5.74, 6) is 0.929. The van der Waals surface area contributed by atoms with Crippen molar-refractivity contribution in [1.82, 2.24) is 0 Å². The fourth-order valence-corrected chi connectivity index (χ4v) is 2.70. The van der Waals surface area contributed by atoms with Crippen molar-refractivity contribution in [1.29, 1.82) is 0 Å². The number of carbonyl (C=O) groups excluding carboxylic acids is 1. The Morgan fingerprint density at radius 2 is 1.59 bits per heavy atom. The highest BCUT2D eigenvalue weighted by Crippen LogP contribution is 2.26. The van der Waals surface area contributed by atoms with Crippen molar-refractivity contribution in [3.8, 4) is 22.6 Å². The fraction of sp³-hybridized carbons (Fsp3) is 0.130. The van der Waals surface area contributed by atoms with Crippen LogP contribution in [0, 0.1) is 0 Å². The van der Waals surface area contributed by atoms with Crippen LogP contribution in [0.5, 0.6) is 11.5 Å². The summed E-state index contributed by atoms with van der Waals surface area (Å²) in [6.45, 7) is -0.190. The number of carbonyl (C=O) groups is 1. The molecule has 29 heavy (non-hydrogen) atoms. The monoisotopic (exact) mass is 390 g/mol. The lowest BCUT2D eigenvalue weighted by atomic mass is 10.1. The van der Waals surface area contributed by atoms with Crippen LogP contribution in [-0.2, 0) is 9.63 Å². The molecule has 0 saturated carbocycles. The first-order chi connectivity index (χ1) is 14.2. The van der Waals surface area contributed by atoms with Gasteiger partial charge in [-0.2, -0.15) is 0 Å². The zero-order valence-corrected chi connectivity index (χ0v) is 16.3. The number of amides is 1. The summed E-state index contributed by atoms with van der Waals surface area (Å²) in [7, 11) is 3.13. The number of oxime groups is 1. The van der Waals surface area contributed by atoms with Crippen molar-refractivity contribution >= 4 is 17.8 Å². The highest BCUT2D eigenvalue weighted by molar-refractivity contribution is 5.92. The topological polar surface area (TPSA) is 69.2 Å². The number of methoxy groups -OCH3 is 2. The highest BCUT2D eigenvalue weighted by Gasteiger charge is 2.05. The van der Waals surface area contributed by atoms with Gasteiger partial charge in [0.05, 0.1) is 20.4 Å². The first-order valence-electron chi connectivity index (χ1n) is 9.02. The zero-order chi connectivity index (χ0) is 20.5. The lowest BCUT2D eigenvalue weighted by molar-refractivity contribution is -0.120. The van der Waals surface area contributed by atoms with Crippen LogP contribution in [0.1, 0.15) is 5.56 Å². The molecule has 0 fully saturated rings. The number of nitrogens with zero attached hydrogens (tertiary/aromatic N) is 1. The van der Waals surface area contributed by atoms with E-state index in [9.17, 15) is 4.79 Å². The Bertz CT molecular complexity index is 970. The molecule has 1 N–H and O–H groups in total. The quantitative estimate of drug-likeness (QED) is 0.458. The van der Waals surface area contributed by atoms with Crippen LogP contribution in [0.15, 0.2) is 78.0 Å². The van der Waals surface area contributed by atoms with E-state index in [0.29, 0.717) is 17.2 Å². The fourth-order valence-electron chi connectivity index (χ4n) is 2.70. The van der Waals surface area contributed by atoms with Gasteiger partial charge in [-0.3, -0.25) is 4.79 Å². The lowest BCUT2D eigenvalue weighted by Gasteiger charge is -2.07. The number of rotatable bonds is 8. The summed E-state index contributed by atoms with van der Waals surface area (Å²) in [6, 6.07) is 23.0. The maximum atomic E-state index is 12.0. The second-order valence-electron chi connectivity index (χ2n) is 6.11. The van der Waals surface area contributed by atoms with E-state index in [2.05, 4.69) is 10.5 Å². The number of hydrogen-bond donors (Lipinski definition) is 1. The van der Waals surface area contributed by atoms with Crippen LogP contribution >= 0.6 is 0 Å². The minimum atomic E-state index is -0.290. The van der Waals surface area contributed by atoms with Gasteiger partial charge in [-0.25, -0.2) is 0 Å². The predicted molar refractivity (Wildman–Crippen MR) is 114 cm³/mol. The third-order valence-electron chi connectivity index (χ3n) is 4.16. The molecular weight excluding hydrogens is 368 g/mol. The molecule has 0 heterocycles. The SMILES string of the molecule is COc1ccc(/C=N/OCC(=O)Nc2ccc(-c3ccccc3)cc2)cc1OC. The second kappa shape index (κ2) is 9.94. The average molecular weight is 390 g/mol. The molecule has 0 aliphatic carbocycles. The van der Waals surface area contributed by atoms with E-state index in [1.165, 1.54) is 6.21 Å². The zero-order valence-electron chi connectivity index (χ0n) is 16.3. The van der Waals surface area contributed by atoms with Crippen LogP contribution < -0.4 is 14.8 Å². The molecule has 0 atom stereocenters. The molecule has 0 aliphatic rings. The molecule has 3 aromatic rings. The molecule has 0 unspecified atom stereocenters.